The molecule has 0 bridgehead atoms. The SMILES string of the molecule is CCOC(=O)CC1CSC=N1. The molecule has 1 aliphatic rings. The Morgan fingerprint density at radius 3 is 3.27 bits per heavy atom. The fraction of sp³-hybridized carbons (Fsp3) is 0.714. The minimum Gasteiger partial charge on any atom is -0.466 e. The van der Waals surface area contributed by atoms with Gasteiger partial charge in [-0.25, -0.2) is 0 Å². The molecule has 1 heterocycles. The van der Waals surface area contributed by atoms with Crippen LogP contribution in [0, 0.1) is 0 Å². The van der Waals surface area contributed by atoms with Crippen molar-refractivity contribution < 1.29 is 9.53 Å². The first-order valence-corrected chi connectivity index (χ1v) is 4.66. The number of aliphatic imine (C=N–C) groups is 1. The van der Waals surface area contributed by atoms with E-state index in [0.29, 0.717) is 13.0 Å². The van der Waals surface area contributed by atoms with Gasteiger partial charge in [0.05, 0.1) is 24.6 Å². The molecule has 0 saturated carbocycles. The van der Waals surface area contributed by atoms with Crippen molar-refractivity contribution in [3.05, 3.63) is 0 Å². The summed E-state index contributed by atoms with van der Waals surface area (Å²) in [5.41, 5.74) is 1.80. The molecule has 4 heteroatoms. The van der Waals surface area contributed by atoms with Crippen LogP contribution < -0.4 is 0 Å². The highest BCUT2D eigenvalue weighted by molar-refractivity contribution is 8.12. The average molecular weight is 173 g/mol. The van der Waals surface area contributed by atoms with Crippen molar-refractivity contribution >= 4 is 23.3 Å². The third-order valence-electron chi connectivity index (χ3n) is 1.34. The van der Waals surface area contributed by atoms with Crippen molar-refractivity contribution in [2.24, 2.45) is 4.99 Å². The molecular weight excluding hydrogens is 162 g/mol. The summed E-state index contributed by atoms with van der Waals surface area (Å²) < 4.78 is 4.78. The quantitative estimate of drug-likeness (QED) is 0.599. The summed E-state index contributed by atoms with van der Waals surface area (Å²) in [4.78, 5) is 15.0. The van der Waals surface area contributed by atoms with Gasteiger partial charge in [-0.2, -0.15) is 0 Å². The zero-order chi connectivity index (χ0) is 8.10. The van der Waals surface area contributed by atoms with Crippen LogP contribution in [-0.2, 0) is 9.53 Å². The van der Waals surface area contributed by atoms with Gasteiger partial charge in [-0.1, -0.05) is 0 Å². The predicted octanol–water partition coefficient (Wildman–Crippen LogP) is 1.08. The van der Waals surface area contributed by atoms with Crippen LogP contribution in [-0.4, -0.2) is 29.9 Å². The Morgan fingerprint density at radius 1 is 1.91 bits per heavy atom. The summed E-state index contributed by atoms with van der Waals surface area (Å²) in [7, 11) is 0. The van der Waals surface area contributed by atoms with Gasteiger partial charge in [0.25, 0.3) is 0 Å². The smallest absolute Gasteiger partial charge is 0.307 e. The molecule has 3 nitrogen and oxygen atoms in total. The third kappa shape index (κ3) is 2.93. The lowest BCUT2D eigenvalue weighted by Gasteiger charge is -2.04. The van der Waals surface area contributed by atoms with Gasteiger partial charge >= 0.3 is 5.97 Å². The lowest BCUT2D eigenvalue weighted by molar-refractivity contribution is -0.143. The third-order valence-corrected chi connectivity index (χ3v) is 2.19. The zero-order valence-corrected chi connectivity index (χ0v) is 7.26. The number of hydrogen-bond acceptors (Lipinski definition) is 4. The molecule has 0 spiro atoms. The first-order chi connectivity index (χ1) is 5.33. The fourth-order valence-electron chi connectivity index (χ4n) is 0.850. The number of nitrogens with zero attached hydrogens (tertiary/aromatic N) is 1. The molecule has 0 amide bonds. The largest absolute Gasteiger partial charge is 0.466 e. The van der Waals surface area contributed by atoms with Gasteiger partial charge in [-0.15, -0.1) is 11.8 Å². The minimum atomic E-state index is -0.142. The van der Waals surface area contributed by atoms with Gasteiger partial charge in [-0.05, 0) is 6.92 Å². The molecule has 0 aliphatic carbocycles. The van der Waals surface area contributed by atoms with Crippen LogP contribution in [0.3, 0.4) is 0 Å². The maximum atomic E-state index is 10.9. The van der Waals surface area contributed by atoms with E-state index in [1.165, 1.54) is 0 Å². The maximum Gasteiger partial charge on any atom is 0.307 e. The number of hydrogen-bond donors (Lipinski definition) is 0. The van der Waals surface area contributed by atoms with Crippen LogP contribution in [0.5, 0.6) is 0 Å². The number of rotatable bonds is 3. The minimum absolute atomic E-state index is 0.142. The fourth-order valence-corrected chi connectivity index (χ4v) is 1.62. The maximum absolute atomic E-state index is 10.9. The molecule has 0 fully saturated rings. The lowest BCUT2D eigenvalue weighted by Crippen LogP contribution is -2.14. The van der Waals surface area contributed by atoms with E-state index in [4.69, 9.17) is 4.74 Å². The standard InChI is InChI=1S/C7H11NO2S/c1-2-10-7(9)3-6-4-11-5-8-6/h5-6H,2-4H2,1H3. The first kappa shape index (κ1) is 8.59. The van der Waals surface area contributed by atoms with E-state index in [1.54, 1.807) is 17.3 Å². The predicted molar refractivity (Wildman–Crippen MR) is 46.0 cm³/mol. The molecule has 11 heavy (non-hydrogen) atoms. The summed E-state index contributed by atoms with van der Waals surface area (Å²) in [5.74, 6) is 0.774. The van der Waals surface area contributed by atoms with Crippen LogP contribution in [0.2, 0.25) is 0 Å². The molecular formula is C7H11NO2S. The van der Waals surface area contributed by atoms with Crippen LogP contribution in [0.1, 0.15) is 13.3 Å². The van der Waals surface area contributed by atoms with Crippen LogP contribution in [0.25, 0.3) is 0 Å². The van der Waals surface area contributed by atoms with E-state index in [2.05, 4.69) is 4.99 Å². The highest BCUT2D eigenvalue weighted by Crippen LogP contribution is 2.14. The molecule has 0 aromatic heterocycles. The van der Waals surface area contributed by atoms with E-state index in [1.807, 2.05) is 6.92 Å². The highest BCUT2D eigenvalue weighted by atomic mass is 32.2. The van der Waals surface area contributed by atoms with Crippen molar-refractivity contribution in [2.75, 3.05) is 12.4 Å². The van der Waals surface area contributed by atoms with Gasteiger partial charge in [0, 0.05) is 5.75 Å². The monoisotopic (exact) mass is 173 g/mol. The van der Waals surface area contributed by atoms with Crippen molar-refractivity contribution in [3.63, 3.8) is 0 Å². The van der Waals surface area contributed by atoms with Gasteiger partial charge in [0.2, 0.25) is 0 Å². The van der Waals surface area contributed by atoms with Crippen LogP contribution in [0.15, 0.2) is 4.99 Å². The molecule has 0 N–H and O–H groups in total. The number of carbonyl (C=O) groups excluding carboxylic acids is 1. The summed E-state index contributed by atoms with van der Waals surface area (Å²) in [6, 6.07) is 0.152. The second kappa shape index (κ2) is 4.38. The highest BCUT2D eigenvalue weighted by Gasteiger charge is 2.15. The molecule has 1 aliphatic heterocycles. The Balaban J connectivity index is 2.19. The Kier molecular flexibility index (Phi) is 3.42. The lowest BCUT2D eigenvalue weighted by atomic mass is 10.2. The Morgan fingerprint density at radius 2 is 2.73 bits per heavy atom. The second-order valence-corrected chi connectivity index (χ2v) is 3.13. The van der Waals surface area contributed by atoms with Gasteiger partial charge in [0.1, 0.15) is 0 Å². The van der Waals surface area contributed by atoms with E-state index in [-0.39, 0.29) is 12.0 Å². The van der Waals surface area contributed by atoms with E-state index < -0.39 is 0 Å². The molecule has 1 rings (SSSR count). The Hall–Kier alpha value is -0.510. The number of esters is 1. The average Bonchev–Trinajstić information content (AvgIpc) is 2.40. The summed E-state index contributed by atoms with van der Waals surface area (Å²) in [5, 5.41) is 0. The zero-order valence-electron chi connectivity index (χ0n) is 6.45. The summed E-state index contributed by atoms with van der Waals surface area (Å²) in [6.45, 7) is 2.27. The topological polar surface area (TPSA) is 38.7 Å². The normalized spacial score (nSPS) is 22.1. The second-order valence-electron chi connectivity index (χ2n) is 2.25. The molecule has 1 unspecified atom stereocenters. The van der Waals surface area contributed by atoms with Gasteiger partial charge < -0.3 is 4.74 Å². The van der Waals surface area contributed by atoms with Crippen molar-refractivity contribution in [3.8, 4) is 0 Å². The Bertz CT molecular complexity index is 170. The van der Waals surface area contributed by atoms with Gasteiger partial charge in [0.15, 0.2) is 0 Å². The van der Waals surface area contributed by atoms with Crippen molar-refractivity contribution in [2.45, 2.75) is 19.4 Å². The number of carbonyl (C=O) groups is 1. The van der Waals surface area contributed by atoms with Gasteiger partial charge in [-0.3, -0.25) is 9.79 Å². The van der Waals surface area contributed by atoms with Crippen LogP contribution in [0.4, 0.5) is 0 Å². The van der Waals surface area contributed by atoms with E-state index in [9.17, 15) is 4.79 Å². The number of ether oxygens (including phenoxy) is 1. The van der Waals surface area contributed by atoms with E-state index in [0.717, 1.165) is 5.75 Å². The van der Waals surface area contributed by atoms with E-state index >= 15 is 0 Å². The summed E-state index contributed by atoms with van der Waals surface area (Å²) in [6.07, 6.45) is 0.428. The Labute approximate surface area is 70.2 Å². The first-order valence-electron chi connectivity index (χ1n) is 3.61. The molecule has 0 saturated heterocycles. The molecule has 1 atom stereocenters. The molecule has 0 aromatic rings. The number of thioether (sulfide) groups is 1. The summed E-state index contributed by atoms with van der Waals surface area (Å²) >= 11 is 1.64. The molecule has 0 aromatic carbocycles. The van der Waals surface area contributed by atoms with Crippen LogP contribution >= 0.6 is 11.8 Å². The molecule has 62 valence electrons. The van der Waals surface area contributed by atoms with Crippen molar-refractivity contribution in [1.29, 1.82) is 0 Å². The van der Waals surface area contributed by atoms with Crippen molar-refractivity contribution in [1.82, 2.24) is 0 Å². The molecule has 0 radical (unpaired) electrons.